The van der Waals surface area contributed by atoms with Gasteiger partial charge < -0.3 is 9.47 Å². The van der Waals surface area contributed by atoms with E-state index in [1.807, 2.05) is 12.1 Å². The number of fused-ring (bicyclic) bond motifs is 1. The molecule has 0 bridgehead atoms. The molecular formula is C24H24BrN3O4. The Kier molecular flexibility index (Phi) is 6.69. The average molecular weight is 498 g/mol. The molecule has 7 nitrogen and oxygen atoms in total. The lowest BCUT2D eigenvalue weighted by Crippen LogP contribution is -2.25. The number of halogens is 1. The number of carbonyl (C=O) groups is 1. The van der Waals surface area contributed by atoms with Crippen LogP contribution in [0.3, 0.4) is 0 Å². The lowest BCUT2D eigenvalue weighted by Gasteiger charge is -2.22. The maximum Gasteiger partial charge on any atom is 0.308 e. The van der Waals surface area contributed by atoms with Crippen LogP contribution in [0.2, 0.25) is 0 Å². The highest BCUT2D eigenvalue weighted by molar-refractivity contribution is 9.10. The van der Waals surface area contributed by atoms with Gasteiger partial charge in [0.1, 0.15) is 5.82 Å². The van der Waals surface area contributed by atoms with Crippen molar-refractivity contribution in [1.29, 1.82) is 0 Å². The molecule has 0 spiro atoms. The van der Waals surface area contributed by atoms with Crippen molar-refractivity contribution in [3.63, 3.8) is 0 Å². The number of rotatable bonds is 5. The van der Waals surface area contributed by atoms with E-state index >= 15 is 0 Å². The molecule has 1 saturated carbocycles. The van der Waals surface area contributed by atoms with Crippen LogP contribution in [0.1, 0.15) is 56.3 Å². The third kappa shape index (κ3) is 4.75. The molecule has 0 N–H and O–H groups in total. The largest absolute Gasteiger partial charge is 0.493 e. The first-order chi connectivity index (χ1) is 15.5. The highest BCUT2D eigenvalue weighted by Gasteiger charge is 2.22. The summed E-state index contributed by atoms with van der Waals surface area (Å²) in [6.45, 7) is 1.33. The third-order valence-corrected chi connectivity index (χ3v) is 6.06. The average Bonchev–Trinajstić information content (AvgIpc) is 2.79. The van der Waals surface area contributed by atoms with Crippen LogP contribution < -0.4 is 15.0 Å². The van der Waals surface area contributed by atoms with E-state index in [0.29, 0.717) is 33.8 Å². The molecule has 1 heterocycles. The summed E-state index contributed by atoms with van der Waals surface area (Å²) in [5.41, 5.74) is 1.18. The maximum absolute atomic E-state index is 13.4. The topological polar surface area (TPSA) is 82.8 Å². The van der Waals surface area contributed by atoms with E-state index < -0.39 is 5.97 Å². The number of hydrogen-bond donors (Lipinski definition) is 0. The quantitative estimate of drug-likeness (QED) is 0.280. The summed E-state index contributed by atoms with van der Waals surface area (Å²) < 4.78 is 12.7. The van der Waals surface area contributed by atoms with Crippen molar-refractivity contribution < 1.29 is 14.3 Å². The molecule has 2 aromatic carbocycles. The molecular weight excluding hydrogens is 474 g/mol. The minimum Gasteiger partial charge on any atom is -0.493 e. The molecule has 1 aromatic heterocycles. The second-order valence-corrected chi connectivity index (χ2v) is 8.75. The minimum absolute atomic E-state index is 0.197. The van der Waals surface area contributed by atoms with E-state index in [1.165, 1.54) is 25.1 Å². The number of benzene rings is 2. The fourth-order valence-electron chi connectivity index (χ4n) is 4.03. The first-order valence-corrected chi connectivity index (χ1v) is 11.4. The number of methoxy groups -OCH3 is 1. The van der Waals surface area contributed by atoms with Crippen molar-refractivity contribution in [1.82, 2.24) is 9.66 Å². The van der Waals surface area contributed by atoms with Crippen LogP contribution in [0.25, 0.3) is 10.9 Å². The molecule has 3 aromatic rings. The summed E-state index contributed by atoms with van der Waals surface area (Å²) in [6, 6.07) is 10.6. The molecule has 4 rings (SSSR count). The Bertz CT molecular complexity index is 1250. The second-order valence-electron chi connectivity index (χ2n) is 7.83. The van der Waals surface area contributed by atoms with Gasteiger partial charge in [0.15, 0.2) is 11.5 Å². The van der Waals surface area contributed by atoms with Crippen molar-refractivity contribution in [2.24, 2.45) is 5.10 Å². The number of aromatic nitrogens is 2. The molecule has 1 fully saturated rings. The lowest BCUT2D eigenvalue weighted by atomic mass is 9.88. The molecule has 0 atom stereocenters. The van der Waals surface area contributed by atoms with Crippen LogP contribution in [0.4, 0.5) is 0 Å². The third-order valence-electron chi connectivity index (χ3n) is 5.57. The van der Waals surface area contributed by atoms with E-state index in [-0.39, 0.29) is 11.5 Å². The summed E-state index contributed by atoms with van der Waals surface area (Å²) in [4.78, 5) is 29.5. The van der Waals surface area contributed by atoms with Gasteiger partial charge in [-0.3, -0.25) is 9.59 Å². The molecule has 166 valence electrons. The number of nitrogens with zero attached hydrogens (tertiary/aromatic N) is 3. The zero-order valence-corrected chi connectivity index (χ0v) is 19.6. The smallest absolute Gasteiger partial charge is 0.308 e. The molecule has 0 aliphatic heterocycles. The Morgan fingerprint density at radius 1 is 1.16 bits per heavy atom. The molecule has 0 saturated heterocycles. The zero-order valence-electron chi connectivity index (χ0n) is 18.0. The van der Waals surface area contributed by atoms with Crippen molar-refractivity contribution in [2.45, 2.75) is 44.9 Å². The Balaban J connectivity index is 1.78. The van der Waals surface area contributed by atoms with Crippen molar-refractivity contribution in [2.75, 3.05) is 7.11 Å². The van der Waals surface area contributed by atoms with Gasteiger partial charge in [0.05, 0.1) is 24.2 Å². The molecule has 0 amide bonds. The van der Waals surface area contributed by atoms with Gasteiger partial charge >= 0.3 is 5.97 Å². The first kappa shape index (κ1) is 22.2. The normalized spacial score (nSPS) is 14.7. The molecule has 1 aliphatic carbocycles. The molecule has 8 heteroatoms. The second kappa shape index (κ2) is 9.65. The minimum atomic E-state index is -0.429. The van der Waals surface area contributed by atoms with Crippen LogP contribution >= 0.6 is 15.9 Å². The van der Waals surface area contributed by atoms with Crippen LogP contribution in [0.5, 0.6) is 11.5 Å². The van der Waals surface area contributed by atoms with Crippen LogP contribution in [0, 0.1) is 0 Å². The van der Waals surface area contributed by atoms with Crippen LogP contribution in [-0.2, 0) is 4.79 Å². The fourth-order valence-corrected chi connectivity index (χ4v) is 4.39. The maximum atomic E-state index is 13.4. The Morgan fingerprint density at radius 3 is 2.66 bits per heavy atom. The lowest BCUT2D eigenvalue weighted by molar-refractivity contribution is -0.132. The van der Waals surface area contributed by atoms with Crippen molar-refractivity contribution in [3.05, 3.63) is 62.6 Å². The molecule has 1 aliphatic rings. The van der Waals surface area contributed by atoms with E-state index in [0.717, 1.165) is 30.2 Å². The van der Waals surface area contributed by atoms with Crippen LogP contribution in [0.15, 0.2) is 50.8 Å². The summed E-state index contributed by atoms with van der Waals surface area (Å²) >= 11 is 3.44. The molecule has 32 heavy (non-hydrogen) atoms. The monoisotopic (exact) mass is 497 g/mol. The number of hydrogen-bond acceptors (Lipinski definition) is 6. The van der Waals surface area contributed by atoms with Gasteiger partial charge in [-0.05, 0) is 54.8 Å². The Labute approximate surface area is 194 Å². The van der Waals surface area contributed by atoms with E-state index in [1.54, 1.807) is 30.5 Å². The van der Waals surface area contributed by atoms with Gasteiger partial charge in [0.25, 0.3) is 5.56 Å². The number of esters is 1. The van der Waals surface area contributed by atoms with E-state index in [4.69, 9.17) is 14.5 Å². The van der Waals surface area contributed by atoms with E-state index in [9.17, 15) is 9.59 Å². The predicted molar refractivity (Wildman–Crippen MR) is 127 cm³/mol. The number of carbonyl (C=O) groups excluding carboxylic acids is 1. The highest BCUT2D eigenvalue weighted by atomic mass is 79.9. The van der Waals surface area contributed by atoms with Gasteiger partial charge in [-0.25, -0.2) is 4.98 Å². The van der Waals surface area contributed by atoms with Gasteiger partial charge in [-0.15, -0.1) is 0 Å². The summed E-state index contributed by atoms with van der Waals surface area (Å²) in [7, 11) is 1.50. The van der Waals surface area contributed by atoms with Gasteiger partial charge in [0, 0.05) is 17.3 Å². The zero-order chi connectivity index (χ0) is 22.7. The van der Waals surface area contributed by atoms with Crippen LogP contribution in [-0.4, -0.2) is 29.0 Å². The summed E-state index contributed by atoms with van der Waals surface area (Å²) in [6.07, 6.45) is 7.04. The van der Waals surface area contributed by atoms with Crippen molar-refractivity contribution in [3.8, 4) is 11.5 Å². The number of ether oxygens (including phenoxy) is 2. The van der Waals surface area contributed by atoms with Crippen molar-refractivity contribution >= 4 is 39.0 Å². The SMILES string of the molecule is COc1cc(C=Nn2c(C3CCCCC3)nc3ccc(Br)cc3c2=O)ccc1OC(C)=O. The first-order valence-electron chi connectivity index (χ1n) is 10.6. The predicted octanol–water partition coefficient (Wildman–Crippen LogP) is 5.02. The molecule has 0 radical (unpaired) electrons. The van der Waals surface area contributed by atoms with Gasteiger partial charge in [-0.1, -0.05) is 35.2 Å². The Morgan fingerprint density at radius 2 is 1.94 bits per heavy atom. The fraction of sp³-hybridized carbons (Fsp3) is 0.333. The molecule has 0 unspecified atom stereocenters. The summed E-state index contributed by atoms with van der Waals surface area (Å²) in [5, 5.41) is 5.05. The standard InChI is InChI=1S/C24H24BrN3O4/c1-15(29)32-21-11-8-16(12-22(21)31-2)14-26-28-23(17-6-4-3-5-7-17)27-20-10-9-18(25)13-19(20)24(28)30/h8-14,17H,3-7H2,1-2H3. The Hall–Kier alpha value is -3.00. The summed E-state index contributed by atoms with van der Waals surface area (Å²) in [5.74, 6) is 1.20. The van der Waals surface area contributed by atoms with E-state index in [2.05, 4.69) is 21.0 Å². The highest BCUT2D eigenvalue weighted by Crippen LogP contribution is 2.32. The van der Waals surface area contributed by atoms with Gasteiger partial charge in [0.2, 0.25) is 0 Å². The van der Waals surface area contributed by atoms with Gasteiger partial charge in [-0.2, -0.15) is 9.78 Å².